The van der Waals surface area contributed by atoms with Crippen molar-refractivity contribution in [3.8, 4) is 12.1 Å². The molecule has 2 aromatic heterocycles. The monoisotopic (exact) mass is 452 g/mol. The molecular formula is C26H24N6O2. The van der Waals surface area contributed by atoms with E-state index in [1.807, 2.05) is 19.1 Å². The number of hydrogen-bond acceptors (Lipinski definition) is 7. The fraction of sp³-hybridized carbons (Fsp3) is 0.346. The van der Waals surface area contributed by atoms with Crippen LogP contribution in [0.25, 0.3) is 10.9 Å². The molecule has 0 saturated heterocycles. The Morgan fingerprint density at radius 2 is 2.12 bits per heavy atom. The molecule has 3 atom stereocenters. The highest BCUT2D eigenvalue weighted by atomic mass is 16.5. The van der Waals surface area contributed by atoms with E-state index in [0.29, 0.717) is 29.2 Å². The van der Waals surface area contributed by atoms with Gasteiger partial charge in [-0.15, -0.1) is 0 Å². The summed E-state index contributed by atoms with van der Waals surface area (Å²) in [4.78, 5) is 24.5. The standard InChI is InChI=1S/C26H24N6O2/c1-15-24-21(14-34-15)20-9-17(6-8-22(20)31-25(24)29)26(33)32(23-4-2-3-18(23)11-28)13-19-7-5-16(10-27)12-30-19/h5-9,12,15,18,23H,2-4,13-14H2,1H3,(H2,29,31)/t15-,18+,23+/m0/s1. The molecule has 5 rings (SSSR count). The third kappa shape index (κ3) is 3.72. The van der Waals surface area contributed by atoms with Gasteiger partial charge in [0.1, 0.15) is 11.9 Å². The number of nitriles is 2. The smallest absolute Gasteiger partial charge is 0.254 e. The summed E-state index contributed by atoms with van der Waals surface area (Å²) in [5.74, 6) is 0.0865. The lowest BCUT2D eigenvalue weighted by Gasteiger charge is -2.31. The average Bonchev–Trinajstić information content (AvgIpc) is 3.49. The first kappa shape index (κ1) is 21.8. The predicted octanol–water partition coefficient (Wildman–Crippen LogP) is 4.01. The van der Waals surface area contributed by atoms with Gasteiger partial charge in [0.25, 0.3) is 5.91 Å². The highest BCUT2D eigenvalue weighted by Gasteiger charge is 2.36. The Bertz CT molecular complexity index is 1350. The lowest BCUT2D eigenvalue weighted by atomic mass is 9.98. The van der Waals surface area contributed by atoms with Crippen LogP contribution in [-0.4, -0.2) is 26.8 Å². The number of hydrogen-bond donors (Lipinski definition) is 1. The van der Waals surface area contributed by atoms with Crippen LogP contribution in [-0.2, 0) is 17.9 Å². The minimum atomic E-state index is -0.220. The van der Waals surface area contributed by atoms with Crippen LogP contribution >= 0.6 is 0 Å². The Morgan fingerprint density at radius 3 is 2.85 bits per heavy atom. The van der Waals surface area contributed by atoms with Gasteiger partial charge in [-0.2, -0.15) is 10.5 Å². The summed E-state index contributed by atoms with van der Waals surface area (Å²) in [5, 5.41) is 19.6. The van der Waals surface area contributed by atoms with Gasteiger partial charge in [0.05, 0.1) is 48.0 Å². The minimum absolute atomic E-state index is 0.139. The molecule has 0 unspecified atom stereocenters. The number of benzene rings is 1. The zero-order valence-electron chi connectivity index (χ0n) is 18.9. The normalized spacial score (nSPS) is 21.1. The van der Waals surface area contributed by atoms with Crippen molar-refractivity contribution >= 4 is 22.6 Å². The number of nitrogens with two attached hydrogens (primary N) is 1. The topological polar surface area (TPSA) is 129 Å². The van der Waals surface area contributed by atoms with Gasteiger partial charge >= 0.3 is 0 Å². The van der Waals surface area contributed by atoms with Gasteiger partial charge in [-0.1, -0.05) is 0 Å². The fourth-order valence-corrected chi connectivity index (χ4v) is 5.13. The van der Waals surface area contributed by atoms with E-state index in [1.54, 1.807) is 23.1 Å². The minimum Gasteiger partial charge on any atom is -0.383 e. The predicted molar refractivity (Wildman–Crippen MR) is 125 cm³/mol. The number of carbonyl (C=O) groups is 1. The molecule has 1 aromatic carbocycles. The summed E-state index contributed by atoms with van der Waals surface area (Å²) in [6, 6.07) is 13.1. The summed E-state index contributed by atoms with van der Waals surface area (Å²) >= 11 is 0. The Balaban J connectivity index is 1.54. The van der Waals surface area contributed by atoms with Crippen LogP contribution in [0, 0.1) is 28.6 Å². The number of aromatic nitrogens is 2. The molecule has 8 heteroatoms. The number of carbonyl (C=O) groups excluding carboxylic acids is 1. The van der Waals surface area contributed by atoms with Gasteiger partial charge in [-0.05, 0) is 62.1 Å². The Morgan fingerprint density at radius 1 is 1.26 bits per heavy atom. The molecule has 1 amide bonds. The van der Waals surface area contributed by atoms with Crippen molar-refractivity contribution in [1.82, 2.24) is 14.9 Å². The first-order chi connectivity index (χ1) is 16.5. The largest absolute Gasteiger partial charge is 0.383 e. The molecule has 0 radical (unpaired) electrons. The van der Waals surface area contributed by atoms with Gasteiger partial charge in [0, 0.05) is 28.8 Å². The molecule has 8 nitrogen and oxygen atoms in total. The molecule has 1 saturated carbocycles. The van der Waals surface area contributed by atoms with Crippen molar-refractivity contribution in [3.05, 3.63) is 64.5 Å². The summed E-state index contributed by atoms with van der Waals surface area (Å²) in [5.41, 5.74) is 10.4. The van der Waals surface area contributed by atoms with Gasteiger partial charge in [0.2, 0.25) is 0 Å². The highest BCUT2D eigenvalue weighted by molar-refractivity contribution is 5.99. The van der Waals surface area contributed by atoms with Crippen LogP contribution in [0.4, 0.5) is 5.82 Å². The Labute approximate surface area is 197 Å². The van der Waals surface area contributed by atoms with Crippen LogP contribution in [0.1, 0.15) is 65.0 Å². The second-order valence-electron chi connectivity index (χ2n) is 8.89. The van der Waals surface area contributed by atoms with Crippen molar-refractivity contribution < 1.29 is 9.53 Å². The summed E-state index contributed by atoms with van der Waals surface area (Å²) in [7, 11) is 0. The van der Waals surface area contributed by atoms with Crippen molar-refractivity contribution in [2.75, 3.05) is 5.73 Å². The molecule has 34 heavy (non-hydrogen) atoms. The van der Waals surface area contributed by atoms with Gasteiger partial charge in [-0.3, -0.25) is 9.78 Å². The lowest BCUT2D eigenvalue weighted by molar-refractivity contribution is 0.0636. The molecule has 1 aliphatic heterocycles. The third-order valence-electron chi connectivity index (χ3n) is 6.89. The Kier molecular flexibility index (Phi) is 5.61. The van der Waals surface area contributed by atoms with Gasteiger partial charge in [-0.25, -0.2) is 4.98 Å². The number of amides is 1. The van der Waals surface area contributed by atoms with E-state index in [-0.39, 0.29) is 30.5 Å². The van der Waals surface area contributed by atoms with Crippen molar-refractivity contribution in [2.45, 2.75) is 51.5 Å². The highest BCUT2D eigenvalue weighted by Crippen LogP contribution is 2.38. The second-order valence-corrected chi connectivity index (χ2v) is 8.89. The van der Waals surface area contributed by atoms with Crippen molar-refractivity contribution in [1.29, 1.82) is 10.5 Å². The summed E-state index contributed by atoms with van der Waals surface area (Å²) < 4.78 is 5.79. The van der Waals surface area contributed by atoms with E-state index in [4.69, 9.17) is 15.7 Å². The number of ether oxygens (including phenoxy) is 1. The van der Waals surface area contributed by atoms with Gasteiger partial charge < -0.3 is 15.4 Å². The molecule has 1 fully saturated rings. The number of nitrogens with zero attached hydrogens (tertiary/aromatic N) is 5. The molecule has 2 aliphatic rings. The van der Waals surface area contributed by atoms with Crippen LogP contribution < -0.4 is 5.73 Å². The van der Waals surface area contributed by atoms with E-state index < -0.39 is 0 Å². The first-order valence-corrected chi connectivity index (χ1v) is 11.4. The quantitative estimate of drug-likeness (QED) is 0.633. The van der Waals surface area contributed by atoms with Crippen LogP contribution in [0.3, 0.4) is 0 Å². The maximum Gasteiger partial charge on any atom is 0.254 e. The number of nitrogen functional groups attached to an aromatic ring is 1. The maximum absolute atomic E-state index is 13.9. The molecule has 3 heterocycles. The summed E-state index contributed by atoms with van der Waals surface area (Å²) in [6.45, 7) is 2.64. The number of pyridine rings is 2. The van der Waals surface area contributed by atoms with E-state index in [2.05, 4.69) is 22.1 Å². The second kappa shape index (κ2) is 8.74. The maximum atomic E-state index is 13.9. The third-order valence-corrected chi connectivity index (χ3v) is 6.89. The molecular weight excluding hydrogens is 428 g/mol. The van der Waals surface area contributed by atoms with Crippen LogP contribution in [0.5, 0.6) is 0 Å². The van der Waals surface area contributed by atoms with Gasteiger partial charge in [0.15, 0.2) is 0 Å². The van der Waals surface area contributed by atoms with E-state index in [9.17, 15) is 10.1 Å². The van der Waals surface area contributed by atoms with Crippen LogP contribution in [0.2, 0.25) is 0 Å². The molecule has 0 spiro atoms. The van der Waals surface area contributed by atoms with Crippen LogP contribution in [0.15, 0.2) is 36.5 Å². The SMILES string of the molecule is C[C@@H]1OCc2c1c(N)nc1ccc(C(=O)N(Cc3ccc(C#N)cn3)[C@@H]3CCC[C@@H]3C#N)cc21. The average molecular weight is 453 g/mol. The molecule has 2 N–H and O–H groups in total. The fourth-order valence-electron chi connectivity index (χ4n) is 5.13. The van der Waals surface area contributed by atoms with E-state index in [0.717, 1.165) is 41.3 Å². The molecule has 170 valence electrons. The first-order valence-electron chi connectivity index (χ1n) is 11.4. The number of rotatable bonds is 4. The molecule has 3 aromatic rings. The lowest BCUT2D eigenvalue weighted by Crippen LogP contribution is -2.41. The Hall–Kier alpha value is -4.01. The number of fused-ring (bicyclic) bond motifs is 3. The molecule has 0 bridgehead atoms. The molecule has 1 aliphatic carbocycles. The number of anilines is 1. The van der Waals surface area contributed by atoms with Crippen molar-refractivity contribution in [3.63, 3.8) is 0 Å². The zero-order valence-corrected chi connectivity index (χ0v) is 18.9. The zero-order chi connectivity index (χ0) is 23.8. The van der Waals surface area contributed by atoms with E-state index >= 15 is 0 Å². The summed E-state index contributed by atoms with van der Waals surface area (Å²) in [6.07, 6.45) is 3.81. The van der Waals surface area contributed by atoms with Crippen molar-refractivity contribution in [2.24, 2.45) is 5.92 Å². The van der Waals surface area contributed by atoms with E-state index in [1.165, 1.54) is 6.20 Å².